The summed E-state index contributed by atoms with van der Waals surface area (Å²) in [5.41, 5.74) is 4.39. The van der Waals surface area contributed by atoms with E-state index in [4.69, 9.17) is 4.74 Å². The summed E-state index contributed by atoms with van der Waals surface area (Å²) in [4.78, 5) is 17.8. The Morgan fingerprint density at radius 2 is 2.09 bits per heavy atom. The monoisotopic (exact) mass is 468 g/mol. The van der Waals surface area contributed by atoms with Gasteiger partial charge in [-0.2, -0.15) is 10.4 Å². The highest BCUT2D eigenvalue weighted by Crippen LogP contribution is 2.34. The number of carbonyl (C=O) groups excluding carboxylic acids is 1. The van der Waals surface area contributed by atoms with E-state index < -0.39 is 0 Å². The Balaban J connectivity index is 1.40. The highest BCUT2D eigenvalue weighted by Gasteiger charge is 2.26. The van der Waals surface area contributed by atoms with Gasteiger partial charge < -0.3 is 4.74 Å². The molecule has 1 aliphatic rings. The topological polar surface area (TPSA) is 80.8 Å². The fraction of sp³-hybridized carbons (Fsp3) is 0.259. The normalized spacial score (nSPS) is 14.0. The number of ketones is 1. The van der Waals surface area contributed by atoms with E-state index in [0.717, 1.165) is 28.4 Å². The van der Waals surface area contributed by atoms with Crippen LogP contribution in [0.5, 0.6) is 0 Å². The smallest absolute Gasteiger partial charge is 0.185 e. The van der Waals surface area contributed by atoms with E-state index in [2.05, 4.69) is 16.2 Å². The van der Waals surface area contributed by atoms with E-state index in [-0.39, 0.29) is 18.3 Å². The third-order valence-electron chi connectivity index (χ3n) is 5.83. The predicted octanol–water partition coefficient (Wildman–Crippen LogP) is 5.45. The number of ether oxygens (including phenoxy) is 1. The van der Waals surface area contributed by atoms with Gasteiger partial charge in [0.2, 0.25) is 0 Å². The number of aromatic nitrogens is 3. The molecular weight excluding hydrogens is 444 g/mol. The van der Waals surface area contributed by atoms with Crippen molar-refractivity contribution in [2.24, 2.45) is 5.92 Å². The zero-order valence-electron chi connectivity index (χ0n) is 18.8. The molecule has 2 heterocycles. The van der Waals surface area contributed by atoms with Crippen molar-refractivity contribution in [3.63, 3.8) is 0 Å². The van der Waals surface area contributed by atoms with Crippen LogP contribution in [0.3, 0.4) is 0 Å². The van der Waals surface area contributed by atoms with Crippen molar-refractivity contribution in [2.75, 3.05) is 6.61 Å². The number of carbonyl (C=O) groups is 1. The van der Waals surface area contributed by atoms with Crippen LogP contribution in [0, 0.1) is 24.2 Å². The molecule has 0 saturated heterocycles. The summed E-state index contributed by atoms with van der Waals surface area (Å²) in [7, 11) is 0. The van der Waals surface area contributed by atoms with Gasteiger partial charge in [0.15, 0.2) is 5.78 Å². The Bertz CT molecular complexity index is 1350. The standard InChI is InChI=1S/C27H24N4O2S/c1-18-12-24(31(30-18)23-7-3-5-21(14-23)16-28)25(32)15-20-4-2-6-22(13-20)26(27-29-10-11-34-27)33-17-19-8-9-19/h2-7,10-14,19,26H,8-9,15,17H2,1H3. The van der Waals surface area contributed by atoms with Gasteiger partial charge in [0.25, 0.3) is 0 Å². The fourth-order valence-corrected chi connectivity index (χ4v) is 4.65. The predicted molar refractivity (Wildman–Crippen MR) is 130 cm³/mol. The molecule has 170 valence electrons. The molecule has 2 aromatic heterocycles. The summed E-state index contributed by atoms with van der Waals surface area (Å²) in [6.07, 6.45) is 4.26. The number of Topliss-reactive ketones (excluding diaryl/α,β-unsaturated/α-hetero) is 1. The summed E-state index contributed by atoms with van der Waals surface area (Å²) in [5, 5.41) is 16.6. The van der Waals surface area contributed by atoms with E-state index >= 15 is 0 Å². The molecule has 0 radical (unpaired) electrons. The first-order chi connectivity index (χ1) is 16.6. The second-order valence-electron chi connectivity index (χ2n) is 8.62. The van der Waals surface area contributed by atoms with Crippen LogP contribution in [0.25, 0.3) is 5.69 Å². The van der Waals surface area contributed by atoms with Gasteiger partial charge in [-0.25, -0.2) is 9.67 Å². The van der Waals surface area contributed by atoms with Crippen LogP contribution in [-0.2, 0) is 11.2 Å². The van der Waals surface area contributed by atoms with Crippen molar-refractivity contribution in [3.8, 4) is 11.8 Å². The SMILES string of the molecule is Cc1cc(C(=O)Cc2cccc(C(OCC3CC3)c3nccs3)c2)n(-c2cccc(C#N)c2)n1. The Hall–Kier alpha value is -3.60. The van der Waals surface area contributed by atoms with Crippen molar-refractivity contribution >= 4 is 17.1 Å². The molecule has 0 amide bonds. The number of nitriles is 1. The van der Waals surface area contributed by atoms with Gasteiger partial charge >= 0.3 is 0 Å². The van der Waals surface area contributed by atoms with Gasteiger partial charge in [0.05, 0.1) is 29.6 Å². The summed E-state index contributed by atoms with van der Waals surface area (Å²) in [6.45, 7) is 2.59. The highest BCUT2D eigenvalue weighted by molar-refractivity contribution is 7.09. The van der Waals surface area contributed by atoms with Gasteiger partial charge in [-0.1, -0.05) is 30.3 Å². The number of hydrogen-bond acceptors (Lipinski definition) is 6. The number of aryl methyl sites for hydroxylation is 1. The molecule has 34 heavy (non-hydrogen) atoms. The molecule has 7 heteroatoms. The second-order valence-corrected chi connectivity index (χ2v) is 9.54. The van der Waals surface area contributed by atoms with Crippen molar-refractivity contribution in [3.05, 3.63) is 99.3 Å². The van der Waals surface area contributed by atoms with Gasteiger partial charge in [-0.3, -0.25) is 4.79 Å². The van der Waals surface area contributed by atoms with Crippen LogP contribution >= 0.6 is 11.3 Å². The van der Waals surface area contributed by atoms with Crippen molar-refractivity contribution in [1.29, 1.82) is 5.26 Å². The van der Waals surface area contributed by atoms with Gasteiger partial charge in [0, 0.05) is 18.0 Å². The average molecular weight is 469 g/mol. The number of hydrogen-bond donors (Lipinski definition) is 0. The van der Waals surface area contributed by atoms with Crippen LogP contribution in [0.15, 0.2) is 66.2 Å². The Kier molecular flexibility index (Phi) is 6.35. The van der Waals surface area contributed by atoms with Gasteiger partial charge in [-0.05, 0) is 61.1 Å². The third kappa shape index (κ3) is 4.98. The largest absolute Gasteiger partial charge is 0.366 e. The molecule has 0 N–H and O–H groups in total. The first-order valence-electron chi connectivity index (χ1n) is 11.3. The maximum atomic E-state index is 13.3. The first kappa shape index (κ1) is 22.2. The fourth-order valence-electron chi connectivity index (χ4n) is 3.94. The molecule has 0 bridgehead atoms. The molecular formula is C27H24N4O2S. The lowest BCUT2D eigenvalue weighted by molar-refractivity contribution is 0.0716. The third-order valence-corrected chi connectivity index (χ3v) is 6.65. The minimum atomic E-state index is -0.225. The summed E-state index contributed by atoms with van der Waals surface area (Å²) >= 11 is 1.58. The highest BCUT2D eigenvalue weighted by atomic mass is 32.1. The molecule has 0 aliphatic heterocycles. The van der Waals surface area contributed by atoms with Gasteiger partial charge in [-0.15, -0.1) is 11.3 Å². The Morgan fingerprint density at radius 3 is 2.85 bits per heavy atom. The maximum absolute atomic E-state index is 13.3. The molecule has 1 saturated carbocycles. The van der Waals surface area contributed by atoms with Crippen LogP contribution in [-0.4, -0.2) is 27.2 Å². The number of thiazole rings is 1. The van der Waals surface area contributed by atoms with Crippen molar-refractivity contribution in [2.45, 2.75) is 32.3 Å². The molecule has 1 atom stereocenters. The van der Waals surface area contributed by atoms with Crippen LogP contribution in [0.1, 0.15) is 56.8 Å². The van der Waals surface area contributed by atoms with E-state index in [1.165, 1.54) is 12.8 Å². The molecule has 1 fully saturated rings. The molecule has 5 rings (SSSR count). The molecule has 6 nitrogen and oxygen atoms in total. The van der Waals surface area contributed by atoms with Crippen molar-refractivity contribution < 1.29 is 9.53 Å². The Labute approximate surface area is 202 Å². The minimum absolute atomic E-state index is 0.0372. The van der Waals surface area contributed by atoms with E-state index in [1.807, 2.05) is 42.6 Å². The average Bonchev–Trinajstić information content (AvgIpc) is 3.35. The quantitative estimate of drug-likeness (QED) is 0.305. The molecule has 4 aromatic rings. The molecule has 0 spiro atoms. The zero-order chi connectivity index (χ0) is 23.5. The van der Waals surface area contributed by atoms with E-state index in [9.17, 15) is 10.1 Å². The Morgan fingerprint density at radius 1 is 1.24 bits per heavy atom. The lowest BCUT2D eigenvalue weighted by Crippen LogP contribution is -2.12. The lowest BCUT2D eigenvalue weighted by atomic mass is 10.0. The summed E-state index contributed by atoms with van der Waals surface area (Å²) < 4.78 is 7.89. The maximum Gasteiger partial charge on any atom is 0.185 e. The van der Waals surface area contributed by atoms with Crippen LogP contribution in [0.2, 0.25) is 0 Å². The second kappa shape index (κ2) is 9.72. The lowest BCUT2D eigenvalue weighted by Gasteiger charge is -2.17. The molecule has 2 aromatic carbocycles. The van der Waals surface area contributed by atoms with Crippen LogP contribution in [0.4, 0.5) is 0 Å². The number of rotatable bonds is 9. The first-order valence-corrected chi connectivity index (χ1v) is 12.2. The minimum Gasteiger partial charge on any atom is -0.366 e. The summed E-state index contributed by atoms with van der Waals surface area (Å²) in [6, 6.07) is 19.1. The van der Waals surface area contributed by atoms with Crippen LogP contribution < -0.4 is 0 Å². The summed E-state index contributed by atoms with van der Waals surface area (Å²) in [5.74, 6) is 0.611. The number of nitrogens with zero attached hydrogens (tertiary/aromatic N) is 4. The van der Waals surface area contributed by atoms with E-state index in [0.29, 0.717) is 22.9 Å². The molecule has 1 unspecified atom stereocenters. The van der Waals surface area contributed by atoms with E-state index in [1.54, 1.807) is 46.5 Å². The molecule has 1 aliphatic carbocycles. The zero-order valence-corrected chi connectivity index (χ0v) is 19.7. The van der Waals surface area contributed by atoms with Gasteiger partial charge in [0.1, 0.15) is 16.8 Å². The number of benzene rings is 2. The van der Waals surface area contributed by atoms with Crippen molar-refractivity contribution in [1.82, 2.24) is 14.8 Å².